The van der Waals surface area contributed by atoms with Gasteiger partial charge in [-0.05, 0) is 61.4 Å². The van der Waals surface area contributed by atoms with Gasteiger partial charge in [0.05, 0.1) is 33.5 Å². The fraction of sp³-hybridized carbons (Fsp3) is 0.259. The average Bonchev–Trinajstić information content (AvgIpc) is 3.64. The van der Waals surface area contributed by atoms with Gasteiger partial charge in [-0.3, -0.25) is 9.98 Å². The van der Waals surface area contributed by atoms with Crippen molar-refractivity contribution in [3.8, 4) is 23.0 Å². The largest absolute Gasteiger partial charge is 0.370 e. The molecule has 0 saturated heterocycles. The molecule has 5 heterocycles. The van der Waals surface area contributed by atoms with Gasteiger partial charge in [0.2, 0.25) is 0 Å². The number of imidazole rings is 2. The number of fused-ring (bicyclic) bond motifs is 2. The minimum Gasteiger partial charge on any atom is -0.370 e. The topological polar surface area (TPSA) is 111 Å². The second-order valence-electron chi connectivity index (χ2n) is 9.32. The van der Waals surface area contributed by atoms with Crippen molar-refractivity contribution in [1.29, 1.82) is 0 Å². The minimum absolute atomic E-state index is 0.828. The Morgan fingerprint density at radius 2 is 1.17 bits per heavy atom. The Bertz CT molecular complexity index is 1540. The highest BCUT2D eigenvalue weighted by Crippen LogP contribution is 2.28. The summed E-state index contributed by atoms with van der Waals surface area (Å²) in [4.78, 5) is 26.0. The van der Waals surface area contributed by atoms with Crippen LogP contribution < -0.4 is 10.6 Å². The molecule has 36 heavy (non-hydrogen) atoms. The van der Waals surface area contributed by atoms with E-state index in [2.05, 4.69) is 83.7 Å². The molecule has 7 rings (SSSR count). The van der Waals surface area contributed by atoms with Crippen LogP contribution in [-0.2, 0) is 7.05 Å². The zero-order valence-electron chi connectivity index (χ0n) is 20.1. The first-order valence-corrected chi connectivity index (χ1v) is 12.5. The summed E-state index contributed by atoms with van der Waals surface area (Å²) in [5.74, 6) is 3.57. The van der Waals surface area contributed by atoms with Gasteiger partial charge in [0.1, 0.15) is 11.7 Å². The standard InChI is InChI=1S/C27H27N9/c1-36-22(26-32-18-6-4-16(14-20(18)34-26)24-28-10-2-11-29-24)8-9-23(36)27-33-19-7-5-17(15-21(19)35-27)25-30-12-3-13-31-25/h4-9,14-15H,2-3,10-13H2,1H3,(H,28,29)(H,30,31)(H,32,34)(H,33,35). The van der Waals surface area contributed by atoms with Crippen molar-refractivity contribution in [3.63, 3.8) is 0 Å². The Morgan fingerprint density at radius 3 is 1.61 bits per heavy atom. The number of H-pyrrole nitrogens is 2. The molecule has 2 aliphatic rings. The van der Waals surface area contributed by atoms with Crippen molar-refractivity contribution in [2.75, 3.05) is 26.2 Å². The van der Waals surface area contributed by atoms with Gasteiger partial charge in [-0.25, -0.2) is 9.97 Å². The van der Waals surface area contributed by atoms with E-state index >= 15 is 0 Å². The molecule has 3 aromatic heterocycles. The predicted octanol–water partition coefficient (Wildman–Crippen LogP) is 3.59. The van der Waals surface area contributed by atoms with E-state index in [1.54, 1.807) is 0 Å². The number of aromatic nitrogens is 5. The summed E-state index contributed by atoms with van der Waals surface area (Å²) in [6, 6.07) is 16.7. The van der Waals surface area contributed by atoms with E-state index < -0.39 is 0 Å². The van der Waals surface area contributed by atoms with Crippen LogP contribution in [-0.4, -0.2) is 62.4 Å². The smallest absolute Gasteiger partial charge is 0.155 e. The van der Waals surface area contributed by atoms with Crippen molar-refractivity contribution in [2.24, 2.45) is 17.0 Å². The summed E-state index contributed by atoms with van der Waals surface area (Å²) < 4.78 is 2.12. The second kappa shape index (κ2) is 8.37. The van der Waals surface area contributed by atoms with Gasteiger partial charge in [0, 0.05) is 44.4 Å². The van der Waals surface area contributed by atoms with Crippen molar-refractivity contribution in [1.82, 2.24) is 35.1 Å². The number of rotatable bonds is 4. The summed E-state index contributed by atoms with van der Waals surface area (Å²) in [6.45, 7) is 3.67. The number of amidine groups is 2. The lowest BCUT2D eigenvalue weighted by Gasteiger charge is -2.14. The lowest BCUT2D eigenvalue weighted by molar-refractivity contribution is 0.742. The maximum Gasteiger partial charge on any atom is 0.155 e. The Balaban J connectivity index is 1.22. The lowest BCUT2D eigenvalue weighted by atomic mass is 10.1. The highest BCUT2D eigenvalue weighted by atomic mass is 15.1. The van der Waals surface area contributed by atoms with Gasteiger partial charge in [-0.15, -0.1) is 0 Å². The van der Waals surface area contributed by atoms with Crippen LogP contribution in [0.15, 0.2) is 58.5 Å². The molecule has 0 saturated carbocycles. The molecule has 0 unspecified atom stereocenters. The quantitative estimate of drug-likeness (QED) is 0.317. The number of aromatic amines is 2. The molecule has 9 heteroatoms. The SMILES string of the molecule is Cn1c(-c2nc3ccc(C4=NCCCN4)cc3[nH]2)ccc1-c1nc2ccc(C3=NCCCN3)cc2[nH]1. The van der Waals surface area contributed by atoms with E-state index in [9.17, 15) is 0 Å². The molecule has 5 aromatic rings. The van der Waals surface area contributed by atoms with Crippen molar-refractivity contribution >= 4 is 33.7 Å². The molecule has 2 aliphatic heterocycles. The van der Waals surface area contributed by atoms with E-state index in [4.69, 9.17) is 9.97 Å². The van der Waals surface area contributed by atoms with Crippen LogP contribution >= 0.6 is 0 Å². The third-order valence-corrected chi connectivity index (χ3v) is 6.91. The number of aliphatic imine (C=N–C) groups is 2. The van der Waals surface area contributed by atoms with Crippen LogP contribution in [0, 0.1) is 0 Å². The first-order valence-electron chi connectivity index (χ1n) is 12.5. The minimum atomic E-state index is 0.828. The molecule has 9 nitrogen and oxygen atoms in total. The highest BCUT2D eigenvalue weighted by Gasteiger charge is 2.17. The van der Waals surface area contributed by atoms with Crippen LogP contribution in [0.4, 0.5) is 0 Å². The lowest BCUT2D eigenvalue weighted by Crippen LogP contribution is -2.30. The van der Waals surface area contributed by atoms with Gasteiger partial charge in [0.25, 0.3) is 0 Å². The number of hydrogen-bond donors (Lipinski definition) is 4. The molecule has 2 aromatic carbocycles. The van der Waals surface area contributed by atoms with E-state index in [0.717, 1.165) is 107 Å². The molecule has 0 atom stereocenters. The summed E-state index contributed by atoms with van der Waals surface area (Å²) in [5.41, 5.74) is 8.02. The predicted molar refractivity (Wildman–Crippen MR) is 144 cm³/mol. The third-order valence-electron chi connectivity index (χ3n) is 6.91. The molecule has 0 fully saturated rings. The van der Waals surface area contributed by atoms with Gasteiger partial charge in [-0.2, -0.15) is 0 Å². The van der Waals surface area contributed by atoms with E-state index in [-0.39, 0.29) is 0 Å². The van der Waals surface area contributed by atoms with E-state index in [1.165, 1.54) is 0 Å². The number of hydrogen-bond acceptors (Lipinski definition) is 6. The van der Waals surface area contributed by atoms with Gasteiger partial charge >= 0.3 is 0 Å². The second-order valence-corrected chi connectivity index (χ2v) is 9.32. The Hall–Kier alpha value is -4.40. The van der Waals surface area contributed by atoms with Crippen molar-refractivity contribution in [2.45, 2.75) is 12.8 Å². The fourth-order valence-electron chi connectivity index (χ4n) is 5.00. The number of nitrogens with one attached hydrogen (secondary N) is 4. The van der Waals surface area contributed by atoms with Crippen LogP contribution in [0.5, 0.6) is 0 Å². The van der Waals surface area contributed by atoms with Gasteiger partial charge < -0.3 is 25.2 Å². The van der Waals surface area contributed by atoms with E-state index in [1.807, 2.05) is 7.05 Å². The van der Waals surface area contributed by atoms with Crippen LogP contribution in [0.25, 0.3) is 45.1 Å². The van der Waals surface area contributed by atoms with Crippen molar-refractivity contribution in [3.05, 3.63) is 59.7 Å². The average molecular weight is 478 g/mol. The normalized spacial score (nSPS) is 16.0. The Morgan fingerprint density at radius 1 is 0.667 bits per heavy atom. The zero-order chi connectivity index (χ0) is 24.1. The first kappa shape index (κ1) is 20.9. The van der Waals surface area contributed by atoms with Crippen LogP contribution in [0.1, 0.15) is 24.0 Å². The van der Waals surface area contributed by atoms with Crippen LogP contribution in [0.2, 0.25) is 0 Å². The summed E-state index contributed by atoms with van der Waals surface area (Å²) >= 11 is 0. The number of nitrogens with zero attached hydrogens (tertiary/aromatic N) is 5. The molecule has 4 N–H and O–H groups in total. The fourth-order valence-corrected chi connectivity index (χ4v) is 5.00. The van der Waals surface area contributed by atoms with E-state index in [0.29, 0.717) is 0 Å². The molecule has 0 aliphatic carbocycles. The Kier molecular flexibility index (Phi) is 4.87. The summed E-state index contributed by atoms with van der Waals surface area (Å²) in [7, 11) is 2.04. The van der Waals surface area contributed by atoms with Crippen LogP contribution in [0.3, 0.4) is 0 Å². The molecular weight excluding hydrogens is 450 g/mol. The molecule has 0 spiro atoms. The Labute approximate surface area is 207 Å². The maximum absolute atomic E-state index is 4.86. The third kappa shape index (κ3) is 3.55. The maximum atomic E-state index is 4.86. The zero-order valence-corrected chi connectivity index (χ0v) is 20.1. The molecular formula is C27H27N9. The highest BCUT2D eigenvalue weighted by molar-refractivity contribution is 6.02. The molecule has 0 amide bonds. The molecule has 180 valence electrons. The van der Waals surface area contributed by atoms with Crippen molar-refractivity contribution < 1.29 is 0 Å². The molecule has 0 bridgehead atoms. The number of benzene rings is 2. The van der Waals surface area contributed by atoms with Gasteiger partial charge in [0.15, 0.2) is 11.6 Å². The monoisotopic (exact) mass is 477 g/mol. The van der Waals surface area contributed by atoms with Gasteiger partial charge in [-0.1, -0.05) is 0 Å². The summed E-state index contributed by atoms with van der Waals surface area (Å²) in [6.07, 6.45) is 2.16. The molecule has 0 radical (unpaired) electrons. The summed E-state index contributed by atoms with van der Waals surface area (Å²) in [5, 5.41) is 6.79. The first-order chi connectivity index (χ1) is 17.7.